The number of rotatable bonds is 3. The highest BCUT2D eigenvalue weighted by Gasteiger charge is 1.62. The van der Waals surface area contributed by atoms with E-state index in [1.54, 1.807) is 0 Å². The Kier molecular flexibility index (Phi) is 5.56. The highest BCUT2D eigenvalue weighted by molar-refractivity contribution is 5.55. The molecule has 0 aromatic rings. The van der Waals surface area contributed by atoms with E-state index in [-0.39, 0.29) is 0 Å². The van der Waals surface area contributed by atoms with Crippen LogP contribution in [-0.4, -0.2) is 6.21 Å². The molecule has 0 aromatic heterocycles. The molecule has 0 bridgehead atoms. The van der Waals surface area contributed by atoms with E-state index in [1.165, 1.54) is 6.21 Å². The van der Waals surface area contributed by atoms with E-state index in [2.05, 4.69) is 12.7 Å². The van der Waals surface area contributed by atoms with E-state index in [9.17, 15) is 0 Å². The summed E-state index contributed by atoms with van der Waals surface area (Å²) in [5.41, 5.74) is 2.93. The van der Waals surface area contributed by atoms with E-state index in [0.717, 1.165) is 6.42 Å². The molecule has 0 heterocycles. The van der Waals surface area contributed by atoms with Crippen LogP contribution in [-0.2, 0) is 0 Å². The standard InChI is InChI=1S/C7H11N/c1-2-3-4-5-6-7-8/h3,5,7-8H,2,6H2,1H3. The highest BCUT2D eigenvalue weighted by atomic mass is 14.3. The van der Waals surface area contributed by atoms with Crippen molar-refractivity contribution in [3.05, 3.63) is 17.9 Å². The van der Waals surface area contributed by atoms with Gasteiger partial charge < -0.3 is 5.41 Å². The molecule has 0 spiro atoms. The van der Waals surface area contributed by atoms with Gasteiger partial charge in [0.15, 0.2) is 0 Å². The van der Waals surface area contributed by atoms with Gasteiger partial charge in [-0.25, -0.2) is 0 Å². The van der Waals surface area contributed by atoms with E-state index >= 15 is 0 Å². The van der Waals surface area contributed by atoms with Crippen LogP contribution in [0.2, 0.25) is 0 Å². The van der Waals surface area contributed by atoms with Gasteiger partial charge in [-0.05, 0) is 24.8 Å². The molecule has 0 saturated heterocycles. The number of allylic oxidation sites excluding steroid dienone is 1. The largest absolute Gasteiger partial charge is 0.313 e. The summed E-state index contributed by atoms with van der Waals surface area (Å²) in [6.45, 7) is 2.06. The third-order valence-electron chi connectivity index (χ3n) is 0.676. The Balaban J connectivity index is 3.31. The van der Waals surface area contributed by atoms with Crippen molar-refractivity contribution in [3.8, 4) is 0 Å². The molecule has 0 aliphatic carbocycles. The second-order valence-corrected chi connectivity index (χ2v) is 1.42. The smallest absolute Gasteiger partial charge is 0.00758 e. The lowest BCUT2D eigenvalue weighted by molar-refractivity contribution is 1.23. The van der Waals surface area contributed by atoms with Gasteiger partial charge in [-0.15, -0.1) is 5.73 Å². The molecule has 0 aliphatic rings. The molecule has 0 aliphatic heterocycles. The lowest BCUT2D eigenvalue weighted by Crippen LogP contribution is -1.59. The molecule has 0 saturated carbocycles. The molecule has 1 heteroatoms. The Hall–Kier alpha value is -0.810. The van der Waals surface area contributed by atoms with Gasteiger partial charge in [-0.3, -0.25) is 0 Å². The summed E-state index contributed by atoms with van der Waals surface area (Å²) in [4.78, 5) is 0. The van der Waals surface area contributed by atoms with E-state index in [0.29, 0.717) is 6.42 Å². The van der Waals surface area contributed by atoms with E-state index in [4.69, 9.17) is 5.41 Å². The molecule has 0 amide bonds. The summed E-state index contributed by atoms with van der Waals surface area (Å²) < 4.78 is 0. The quantitative estimate of drug-likeness (QED) is 0.424. The summed E-state index contributed by atoms with van der Waals surface area (Å²) in [6.07, 6.45) is 6.88. The first-order valence-electron chi connectivity index (χ1n) is 2.80. The zero-order chi connectivity index (χ0) is 6.24. The first-order chi connectivity index (χ1) is 3.91. The predicted octanol–water partition coefficient (Wildman–Crippen LogP) is 2.15. The van der Waals surface area contributed by atoms with Crippen molar-refractivity contribution < 1.29 is 0 Å². The van der Waals surface area contributed by atoms with Gasteiger partial charge in [-0.1, -0.05) is 6.92 Å². The first kappa shape index (κ1) is 7.19. The van der Waals surface area contributed by atoms with Crippen molar-refractivity contribution in [2.75, 3.05) is 0 Å². The minimum absolute atomic E-state index is 0.705. The van der Waals surface area contributed by atoms with Crippen LogP contribution in [0.1, 0.15) is 19.8 Å². The van der Waals surface area contributed by atoms with Crippen molar-refractivity contribution >= 4 is 6.21 Å². The molecule has 1 nitrogen and oxygen atoms in total. The van der Waals surface area contributed by atoms with Gasteiger partial charge in [0.05, 0.1) is 0 Å². The van der Waals surface area contributed by atoms with Crippen LogP contribution in [0, 0.1) is 5.41 Å². The molecule has 0 rings (SSSR count). The summed E-state index contributed by atoms with van der Waals surface area (Å²) in [5.74, 6) is 0. The minimum Gasteiger partial charge on any atom is -0.313 e. The molecule has 1 N–H and O–H groups in total. The summed E-state index contributed by atoms with van der Waals surface area (Å²) in [7, 11) is 0. The zero-order valence-electron chi connectivity index (χ0n) is 5.15. The van der Waals surface area contributed by atoms with Crippen LogP contribution in [0.3, 0.4) is 0 Å². The topological polar surface area (TPSA) is 23.9 Å². The summed E-state index contributed by atoms with van der Waals surface area (Å²) >= 11 is 0. The maximum atomic E-state index is 6.63. The molecule has 0 atom stereocenters. The average molecular weight is 109 g/mol. The lowest BCUT2D eigenvalue weighted by atomic mass is 10.4. The number of hydrogen-bond donors (Lipinski definition) is 1. The van der Waals surface area contributed by atoms with Crippen molar-refractivity contribution in [2.24, 2.45) is 0 Å². The summed E-state index contributed by atoms with van der Waals surface area (Å²) in [5, 5.41) is 6.63. The fraction of sp³-hybridized carbons (Fsp3) is 0.429. The van der Waals surface area contributed by atoms with Crippen molar-refractivity contribution in [3.63, 3.8) is 0 Å². The van der Waals surface area contributed by atoms with Gasteiger partial charge >= 0.3 is 0 Å². The van der Waals surface area contributed by atoms with Crippen molar-refractivity contribution in [1.82, 2.24) is 0 Å². The Morgan fingerprint density at radius 3 is 2.75 bits per heavy atom. The summed E-state index contributed by atoms with van der Waals surface area (Å²) in [6, 6.07) is 0. The van der Waals surface area contributed by atoms with Crippen LogP contribution in [0.15, 0.2) is 17.9 Å². The van der Waals surface area contributed by atoms with Gasteiger partial charge in [-0.2, -0.15) is 0 Å². The van der Waals surface area contributed by atoms with Crippen LogP contribution >= 0.6 is 0 Å². The fourth-order valence-electron chi connectivity index (χ4n) is 0.328. The maximum Gasteiger partial charge on any atom is 0.00758 e. The lowest BCUT2D eigenvalue weighted by Gasteiger charge is -1.69. The van der Waals surface area contributed by atoms with E-state index < -0.39 is 0 Å². The fourth-order valence-corrected chi connectivity index (χ4v) is 0.328. The Bertz CT molecular complexity index is 108. The zero-order valence-corrected chi connectivity index (χ0v) is 5.15. The number of hydrogen-bond acceptors (Lipinski definition) is 1. The predicted molar refractivity (Wildman–Crippen MR) is 36.3 cm³/mol. The Labute approximate surface area is 50.2 Å². The second kappa shape index (κ2) is 6.19. The average Bonchev–Trinajstić information content (AvgIpc) is 1.81. The normalized spacial score (nSPS) is 7.12. The molecule has 0 unspecified atom stereocenters. The van der Waals surface area contributed by atoms with E-state index in [1.807, 2.05) is 12.2 Å². The van der Waals surface area contributed by atoms with Crippen molar-refractivity contribution in [2.45, 2.75) is 19.8 Å². The monoisotopic (exact) mass is 109 g/mol. The second-order valence-electron chi connectivity index (χ2n) is 1.42. The van der Waals surface area contributed by atoms with Gasteiger partial charge in [0, 0.05) is 6.42 Å². The molecule has 44 valence electrons. The third kappa shape index (κ3) is 5.19. The first-order valence-corrected chi connectivity index (χ1v) is 2.80. The van der Waals surface area contributed by atoms with Crippen LogP contribution in [0.25, 0.3) is 0 Å². The minimum atomic E-state index is 0.705. The highest BCUT2D eigenvalue weighted by Crippen LogP contribution is 1.76. The van der Waals surface area contributed by atoms with Gasteiger partial charge in [0.2, 0.25) is 0 Å². The van der Waals surface area contributed by atoms with Crippen molar-refractivity contribution in [1.29, 1.82) is 5.41 Å². The van der Waals surface area contributed by atoms with Crippen LogP contribution < -0.4 is 0 Å². The molecule has 0 radical (unpaired) electrons. The molecule has 0 fully saturated rings. The third-order valence-corrected chi connectivity index (χ3v) is 0.676. The van der Waals surface area contributed by atoms with Crippen LogP contribution in [0.5, 0.6) is 0 Å². The SMILES string of the molecule is CCC=C=CCC=N. The molecular formula is C7H11N. The molecular weight excluding hydrogens is 98.1 g/mol. The molecule has 0 aromatic carbocycles. The van der Waals surface area contributed by atoms with Crippen LogP contribution in [0.4, 0.5) is 0 Å². The Morgan fingerprint density at radius 2 is 2.25 bits per heavy atom. The number of nitrogens with one attached hydrogen (secondary N) is 1. The van der Waals surface area contributed by atoms with Gasteiger partial charge in [0.1, 0.15) is 0 Å². The molecule has 8 heavy (non-hydrogen) atoms. The maximum absolute atomic E-state index is 6.63. The van der Waals surface area contributed by atoms with Gasteiger partial charge in [0.25, 0.3) is 0 Å². The Morgan fingerprint density at radius 1 is 1.50 bits per heavy atom.